The molecule has 1 aliphatic carbocycles. The molecule has 1 heterocycles. The van der Waals surface area contributed by atoms with Crippen LogP contribution in [0.2, 0.25) is 5.02 Å². The SMILES string of the molecule is Clc1ccc([C@@H]2C=NN[C@@]23CCc2ccccc2C3)cc1. The highest BCUT2D eigenvalue weighted by molar-refractivity contribution is 6.30. The highest BCUT2D eigenvalue weighted by Gasteiger charge is 2.44. The second-order valence-corrected chi connectivity index (χ2v) is 6.46. The van der Waals surface area contributed by atoms with Gasteiger partial charge in [-0.1, -0.05) is 48.0 Å². The fraction of sp³-hybridized carbons (Fsp3) is 0.278. The molecule has 1 spiro atoms. The topological polar surface area (TPSA) is 24.4 Å². The average molecular weight is 297 g/mol. The van der Waals surface area contributed by atoms with Gasteiger partial charge in [0.2, 0.25) is 0 Å². The van der Waals surface area contributed by atoms with Gasteiger partial charge in [-0.25, -0.2) is 0 Å². The van der Waals surface area contributed by atoms with Gasteiger partial charge in [0.1, 0.15) is 0 Å². The summed E-state index contributed by atoms with van der Waals surface area (Å²) in [6, 6.07) is 16.9. The Morgan fingerprint density at radius 3 is 2.62 bits per heavy atom. The van der Waals surface area contributed by atoms with E-state index < -0.39 is 0 Å². The van der Waals surface area contributed by atoms with E-state index >= 15 is 0 Å². The molecule has 21 heavy (non-hydrogen) atoms. The maximum absolute atomic E-state index is 6.01. The standard InChI is InChI=1S/C18H17ClN2/c19-16-7-5-14(6-8-16)17-12-20-21-18(17)10-9-13-3-1-2-4-15(13)11-18/h1-8,12,17,21H,9-11H2/t17-,18+/m0/s1. The van der Waals surface area contributed by atoms with Gasteiger partial charge in [-0.05, 0) is 48.1 Å². The van der Waals surface area contributed by atoms with Crippen LogP contribution in [-0.4, -0.2) is 11.8 Å². The van der Waals surface area contributed by atoms with Gasteiger partial charge >= 0.3 is 0 Å². The first-order chi connectivity index (χ1) is 10.3. The Morgan fingerprint density at radius 2 is 1.81 bits per heavy atom. The van der Waals surface area contributed by atoms with Crippen LogP contribution in [-0.2, 0) is 12.8 Å². The quantitative estimate of drug-likeness (QED) is 0.847. The zero-order chi connectivity index (χ0) is 14.3. The summed E-state index contributed by atoms with van der Waals surface area (Å²) < 4.78 is 0. The van der Waals surface area contributed by atoms with Gasteiger partial charge in [0.25, 0.3) is 0 Å². The summed E-state index contributed by atoms with van der Waals surface area (Å²) in [6.07, 6.45) is 5.29. The lowest BCUT2D eigenvalue weighted by atomic mass is 9.70. The maximum atomic E-state index is 6.01. The normalized spacial score (nSPS) is 26.6. The lowest BCUT2D eigenvalue weighted by Crippen LogP contribution is -2.48. The van der Waals surface area contributed by atoms with Crippen LogP contribution in [0.5, 0.6) is 0 Å². The molecule has 0 radical (unpaired) electrons. The molecule has 0 saturated heterocycles. The highest BCUT2D eigenvalue weighted by Crippen LogP contribution is 2.40. The van der Waals surface area contributed by atoms with Crippen molar-refractivity contribution in [2.24, 2.45) is 5.10 Å². The van der Waals surface area contributed by atoms with E-state index in [-0.39, 0.29) is 5.54 Å². The summed E-state index contributed by atoms with van der Waals surface area (Å²) in [5.41, 5.74) is 7.64. The first kappa shape index (κ1) is 12.9. The number of hydrazone groups is 1. The first-order valence-electron chi connectivity index (χ1n) is 7.39. The molecule has 0 bridgehead atoms. The Morgan fingerprint density at radius 1 is 1.05 bits per heavy atom. The van der Waals surface area contributed by atoms with Crippen molar-refractivity contribution in [2.45, 2.75) is 30.7 Å². The van der Waals surface area contributed by atoms with E-state index in [4.69, 9.17) is 11.6 Å². The molecule has 0 aromatic heterocycles. The second kappa shape index (κ2) is 4.88. The molecule has 0 amide bonds. The monoisotopic (exact) mass is 296 g/mol. The molecule has 0 unspecified atom stereocenters. The molecule has 1 N–H and O–H groups in total. The second-order valence-electron chi connectivity index (χ2n) is 6.02. The summed E-state index contributed by atoms with van der Waals surface area (Å²) >= 11 is 6.01. The van der Waals surface area contributed by atoms with E-state index in [0.29, 0.717) is 5.92 Å². The molecule has 106 valence electrons. The number of hydrogen-bond donors (Lipinski definition) is 1. The smallest absolute Gasteiger partial charge is 0.0710 e. The molecule has 2 nitrogen and oxygen atoms in total. The maximum Gasteiger partial charge on any atom is 0.0710 e. The van der Waals surface area contributed by atoms with Crippen molar-refractivity contribution in [1.29, 1.82) is 0 Å². The van der Waals surface area contributed by atoms with Crippen LogP contribution in [0.15, 0.2) is 53.6 Å². The van der Waals surface area contributed by atoms with Crippen molar-refractivity contribution in [3.05, 3.63) is 70.2 Å². The van der Waals surface area contributed by atoms with E-state index in [0.717, 1.165) is 24.3 Å². The predicted octanol–water partition coefficient (Wildman–Crippen LogP) is 3.94. The van der Waals surface area contributed by atoms with Crippen LogP contribution in [0.3, 0.4) is 0 Å². The lowest BCUT2D eigenvalue weighted by Gasteiger charge is -2.39. The van der Waals surface area contributed by atoms with Gasteiger partial charge < -0.3 is 5.43 Å². The fourth-order valence-corrected chi connectivity index (χ4v) is 3.77. The molecule has 2 aromatic rings. The van der Waals surface area contributed by atoms with E-state index in [2.05, 4.69) is 53.1 Å². The summed E-state index contributed by atoms with van der Waals surface area (Å²) in [5, 5.41) is 5.19. The Kier molecular flexibility index (Phi) is 3.00. The van der Waals surface area contributed by atoms with Gasteiger partial charge in [-0.15, -0.1) is 0 Å². The molecular weight excluding hydrogens is 280 g/mol. The van der Waals surface area contributed by atoms with Crippen molar-refractivity contribution in [1.82, 2.24) is 5.43 Å². The van der Waals surface area contributed by atoms with E-state index in [1.165, 1.54) is 16.7 Å². The minimum Gasteiger partial charge on any atom is -0.303 e. The van der Waals surface area contributed by atoms with Crippen LogP contribution in [0, 0.1) is 0 Å². The van der Waals surface area contributed by atoms with Crippen molar-refractivity contribution >= 4 is 17.8 Å². The minimum absolute atomic E-state index is 0.0161. The molecule has 2 atom stereocenters. The van der Waals surface area contributed by atoms with E-state index in [1.807, 2.05) is 12.1 Å². The number of nitrogens with one attached hydrogen (secondary N) is 1. The molecule has 0 fully saturated rings. The number of benzene rings is 2. The van der Waals surface area contributed by atoms with E-state index in [1.54, 1.807) is 0 Å². The molecule has 4 rings (SSSR count). The van der Waals surface area contributed by atoms with Gasteiger partial charge in [-0.3, -0.25) is 0 Å². The third-order valence-electron chi connectivity index (χ3n) is 4.80. The largest absolute Gasteiger partial charge is 0.303 e. The van der Waals surface area contributed by atoms with Gasteiger partial charge in [-0.2, -0.15) is 5.10 Å². The van der Waals surface area contributed by atoms with Crippen molar-refractivity contribution < 1.29 is 0 Å². The number of nitrogens with zero attached hydrogens (tertiary/aromatic N) is 1. The summed E-state index contributed by atoms with van der Waals surface area (Å²) in [4.78, 5) is 0. The Bertz CT molecular complexity index is 693. The number of halogens is 1. The number of fused-ring (bicyclic) bond motifs is 1. The molecule has 3 heteroatoms. The lowest BCUT2D eigenvalue weighted by molar-refractivity contribution is 0.296. The van der Waals surface area contributed by atoms with Gasteiger partial charge in [0.05, 0.1) is 5.54 Å². The Labute approximate surface area is 129 Å². The Balaban J connectivity index is 1.70. The molecule has 2 aliphatic rings. The van der Waals surface area contributed by atoms with Crippen molar-refractivity contribution in [3.8, 4) is 0 Å². The Hall–Kier alpha value is -1.80. The van der Waals surface area contributed by atoms with E-state index in [9.17, 15) is 0 Å². The van der Waals surface area contributed by atoms with Crippen molar-refractivity contribution in [3.63, 3.8) is 0 Å². The molecule has 0 saturated carbocycles. The highest BCUT2D eigenvalue weighted by atomic mass is 35.5. The fourth-order valence-electron chi connectivity index (χ4n) is 3.65. The third-order valence-corrected chi connectivity index (χ3v) is 5.05. The van der Waals surface area contributed by atoms with Crippen molar-refractivity contribution in [2.75, 3.05) is 0 Å². The number of rotatable bonds is 1. The summed E-state index contributed by atoms with van der Waals surface area (Å²) in [6.45, 7) is 0. The predicted molar refractivity (Wildman–Crippen MR) is 87.0 cm³/mol. The third kappa shape index (κ3) is 2.14. The van der Waals surface area contributed by atoms with Gasteiger partial charge in [0.15, 0.2) is 0 Å². The zero-order valence-electron chi connectivity index (χ0n) is 11.7. The first-order valence-corrected chi connectivity index (χ1v) is 7.77. The minimum atomic E-state index is 0.0161. The molecule has 1 aliphatic heterocycles. The van der Waals surface area contributed by atoms with Crippen LogP contribution >= 0.6 is 11.6 Å². The van der Waals surface area contributed by atoms with Crippen LogP contribution in [0.1, 0.15) is 29.0 Å². The van der Waals surface area contributed by atoms with Crippen LogP contribution in [0.25, 0.3) is 0 Å². The molecular formula is C18H17ClN2. The summed E-state index contributed by atoms with van der Waals surface area (Å²) in [5.74, 6) is 0.308. The van der Waals surface area contributed by atoms with Crippen LogP contribution in [0.4, 0.5) is 0 Å². The number of aryl methyl sites for hydroxylation is 1. The number of hydrogen-bond acceptors (Lipinski definition) is 2. The van der Waals surface area contributed by atoms with Gasteiger partial charge in [0, 0.05) is 17.2 Å². The molecule has 2 aromatic carbocycles. The summed E-state index contributed by atoms with van der Waals surface area (Å²) in [7, 11) is 0. The zero-order valence-corrected chi connectivity index (χ0v) is 12.5. The van der Waals surface area contributed by atoms with Crippen LogP contribution < -0.4 is 5.43 Å². The average Bonchev–Trinajstić information content (AvgIpc) is 2.91.